The lowest BCUT2D eigenvalue weighted by Crippen LogP contribution is -2.04. The number of rotatable bonds is 0. The molecule has 0 heterocycles. The highest BCUT2D eigenvalue weighted by Crippen LogP contribution is 2.45. The predicted molar refractivity (Wildman–Crippen MR) is 44.6 cm³/mol. The smallest absolute Gasteiger partial charge is 0.000364 e. The van der Waals surface area contributed by atoms with Crippen molar-refractivity contribution in [2.45, 2.75) is 33.6 Å². The molecule has 0 fully saturated rings. The normalized spacial score (nSPS) is 25.3. The van der Waals surface area contributed by atoms with Crippen molar-refractivity contribution >= 4 is 15.9 Å². The molecule has 0 N–H and O–H groups in total. The SMILES string of the molecule is CC1=C(Br)C(C)(C)CC1. The number of hydrogen-bond donors (Lipinski definition) is 0. The van der Waals surface area contributed by atoms with Gasteiger partial charge in [0.05, 0.1) is 0 Å². The maximum atomic E-state index is 3.60. The molecular formula is C8H13Br. The van der Waals surface area contributed by atoms with Gasteiger partial charge >= 0.3 is 0 Å². The van der Waals surface area contributed by atoms with Gasteiger partial charge in [0.15, 0.2) is 0 Å². The fourth-order valence-electron chi connectivity index (χ4n) is 1.30. The second-order valence-electron chi connectivity index (χ2n) is 3.48. The van der Waals surface area contributed by atoms with Crippen molar-refractivity contribution in [3.8, 4) is 0 Å². The third-order valence-electron chi connectivity index (χ3n) is 2.09. The summed E-state index contributed by atoms with van der Waals surface area (Å²) in [6.45, 7) is 6.78. The van der Waals surface area contributed by atoms with E-state index in [9.17, 15) is 0 Å². The van der Waals surface area contributed by atoms with E-state index in [2.05, 4.69) is 36.7 Å². The summed E-state index contributed by atoms with van der Waals surface area (Å²) in [7, 11) is 0. The molecule has 0 nitrogen and oxygen atoms in total. The van der Waals surface area contributed by atoms with Gasteiger partial charge < -0.3 is 0 Å². The predicted octanol–water partition coefficient (Wildman–Crippen LogP) is 3.48. The molecule has 9 heavy (non-hydrogen) atoms. The lowest BCUT2D eigenvalue weighted by Gasteiger charge is -2.17. The summed E-state index contributed by atoms with van der Waals surface area (Å²) >= 11 is 3.60. The van der Waals surface area contributed by atoms with Crippen LogP contribution in [0, 0.1) is 5.41 Å². The topological polar surface area (TPSA) is 0 Å². The van der Waals surface area contributed by atoms with Crippen LogP contribution in [0.25, 0.3) is 0 Å². The van der Waals surface area contributed by atoms with E-state index in [1.165, 1.54) is 22.9 Å². The van der Waals surface area contributed by atoms with Crippen LogP contribution in [0.2, 0.25) is 0 Å². The second-order valence-corrected chi connectivity index (χ2v) is 4.27. The summed E-state index contributed by atoms with van der Waals surface area (Å²) in [5.74, 6) is 0. The van der Waals surface area contributed by atoms with E-state index in [4.69, 9.17) is 0 Å². The van der Waals surface area contributed by atoms with Crippen LogP contribution in [0.1, 0.15) is 33.6 Å². The van der Waals surface area contributed by atoms with Crippen molar-refractivity contribution in [3.63, 3.8) is 0 Å². The minimum absolute atomic E-state index is 0.421. The third kappa shape index (κ3) is 1.21. The average Bonchev–Trinajstić information content (AvgIpc) is 1.97. The molecule has 1 aliphatic carbocycles. The van der Waals surface area contributed by atoms with Gasteiger partial charge in [-0.15, -0.1) is 0 Å². The molecule has 1 aliphatic rings. The van der Waals surface area contributed by atoms with Gasteiger partial charge in [-0.1, -0.05) is 35.4 Å². The van der Waals surface area contributed by atoms with Crippen LogP contribution in [0.5, 0.6) is 0 Å². The van der Waals surface area contributed by atoms with Gasteiger partial charge in [0.1, 0.15) is 0 Å². The summed E-state index contributed by atoms with van der Waals surface area (Å²) < 4.78 is 1.43. The van der Waals surface area contributed by atoms with E-state index in [0.29, 0.717) is 5.41 Å². The van der Waals surface area contributed by atoms with Crippen LogP contribution < -0.4 is 0 Å². The zero-order valence-electron chi connectivity index (χ0n) is 6.29. The zero-order chi connectivity index (χ0) is 7.07. The van der Waals surface area contributed by atoms with Crippen molar-refractivity contribution in [2.75, 3.05) is 0 Å². The molecule has 0 atom stereocenters. The molecule has 52 valence electrons. The van der Waals surface area contributed by atoms with E-state index in [-0.39, 0.29) is 0 Å². The van der Waals surface area contributed by atoms with Gasteiger partial charge in [-0.3, -0.25) is 0 Å². The average molecular weight is 189 g/mol. The van der Waals surface area contributed by atoms with Gasteiger partial charge in [0, 0.05) is 0 Å². The monoisotopic (exact) mass is 188 g/mol. The molecule has 0 spiro atoms. The van der Waals surface area contributed by atoms with E-state index < -0.39 is 0 Å². The van der Waals surface area contributed by atoms with Crippen molar-refractivity contribution in [1.29, 1.82) is 0 Å². The fraction of sp³-hybridized carbons (Fsp3) is 0.750. The van der Waals surface area contributed by atoms with Crippen LogP contribution in [-0.2, 0) is 0 Å². The van der Waals surface area contributed by atoms with Gasteiger partial charge in [0.25, 0.3) is 0 Å². The summed E-state index contributed by atoms with van der Waals surface area (Å²) in [4.78, 5) is 0. The quantitative estimate of drug-likeness (QED) is 0.547. The van der Waals surface area contributed by atoms with Crippen LogP contribution in [-0.4, -0.2) is 0 Å². The van der Waals surface area contributed by atoms with E-state index >= 15 is 0 Å². The summed E-state index contributed by atoms with van der Waals surface area (Å²) in [5.41, 5.74) is 1.95. The van der Waals surface area contributed by atoms with Crippen LogP contribution in [0.3, 0.4) is 0 Å². The van der Waals surface area contributed by atoms with E-state index in [0.717, 1.165) is 0 Å². The largest absolute Gasteiger partial charge is 0.0626 e. The molecule has 1 rings (SSSR count). The minimum Gasteiger partial charge on any atom is -0.0626 e. The van der Waals surface area contributed by atoms with Crippen molar-refractivity contribution in [1.82, 2.24) is 0 Å². The molecule has 0 saturated carbocycles. The Balaban J connectivity index is 2.88. The van der Waals surface area contributed by atoms with Gasteiger partial charge in [-0.05, 0) is 29.7 Å². The number of halogens is 1. The Morgan fingerprint density at radius 2 is 2.00 bits per heavy atom. The molecule has 0 bridgehead atoms. The fourth-order valence-corrected chi connectivity index (χ4v) is 1.69. The first kappa shape index (κ1) is 7.33. The van der Waals surface area contributed by atoms with Crippen LogP contribution in [0.4, 0.5) is 0 Å². The second kappa shape index (κ2) is 2.12. The number of hydrogen-bond acceptors (Lipinski definition) is 0. The Kier molecular flexibility index (Phi) is 1.73. The lowest BCUT2D eigenvalue weighted by molar-refractivity contribution is 0.464. The Bertz CT molecular complexity index is 154. The Morgan fingerprint density at radius 1 is 1.44 bits per heavy atom. The molecule has 0 aromatic heterocycles. The third-order valence-corrected chi connectivity index (χ3v) is 3.84. The Morgan fingerprint density at radius 3 is 2.11 bits per heavy atom. The molecule has 0 radical (unpaired) electrons. The standard InChI is InChI=1S/C8H13Br/c1-6-4-5-8(2,3)7(6)9/h4-5H2,1-3H3. The highest BCUT2D eigenvalue weighted by molar-refractivity contribution is 9.11. The first-order valence-electron chi connectivity index (χ1n) is 3.40. The summed E-state index contributed by atoms with van der Waals surface area (Å²) in [6.07, 6.45) is 2.58. The molecule has 0 aromatic rings. The van der Waals surface area contributed by atoms with Gasteiger partial charge in [-0.25, -0.2) is 0 Å². The number of allylic oxidation sites excluding steroid dienone is 2. The highest BCUT2D eigenvalue weighted by atomic mass is 79.9. The molecule has 0 aliphatic heterocycles. The van der Waals surface area contributed by atoms with E-state index in [1.807, 2.05) is 0 Å². The van der Waals surface area contributed by atoms with Crippen molar-refractivity contribution in [3.05, 3.63) is 10.1 Å². The molecule has 0 aromatic carbocycles. The summed E-state index contributed by atoms with van der Waals surface area (Å²) in [5, 5.41) is 0. The summed E-state index contributed by atoms with van der Waals surface area (Å²) in [6, 6.07) is 0. The van der Waals surface area contributed by atoms with Gasteiger partial charge in [0.2, 0.25) is 0 Å². The molecule has 1 heteroatoms. The zero-order valence-corrected chi connectivity index (χ0v) is 7.88. The minimum atomic E-state index is 0.421. The lowest BCUT2D eigenvalue weighted by atomic mass is 9.94. The first-order chi connectivity index (χ1) is 4.04. The molecule has 0 unspecified atom stereocenters. The van der Waals surface area contributed by atoms with Crippen LogP contribution >= 0.6 is 15.9 Å². The molecule has 0 saturated heterocycles. The first-order valence-corrected chi connectivity index (χ1v) is 4.19. The van der Waals surface area contributed by atoms with Crippen molar-refractivity contribution in [2.24, 2.45) is 5.41 Å². The molecular weight excluding hydrogens is 176 g/mol. The maximum absolute atomic E-state index is 3.60. The highest BCUT2D eigenvalue weighted by Gasteiger charge is 2.28. The molecule has 0 amide bonds. The maximum Gasteiger partial charge on any atom is -0.000364 e. The Labute approximate surface area is 65.5 Å². The van der Waals surface area contributed by atoms with Crippen molar-refractivity contribution < 1.29 is 0 Å². The van der Waals surface area contributed by atoms with Crippen LogP contribution in [0.15, 0.2) is 10.1 Å². The Hall–Kier alpha value is 0.220. The van der Waals surface area contributed by atoms with Gasteiger partial charge in [-0.2, -0.15) is 0 Å². The van der Waals surface area contributed by atoms with E-state index in [1.54, 1.807) is 0 Å².